The van der Waals surface area contributed by atoms with Crippen molar-refractivity contribution in [1.29, 1.82) is 0 Å². The first-order chi connectivity index (χ1) is 12.7. The van der Waals surface area contributed by atoms with E-state index < -0.39 is 17.9 Å². The molecule has 2 aromatic rings. The van der Waals surface area contributed by atoms with Gasteiger partial charge in [-0.25, -0.2) is 9.82 Å². The molecule has 1 saturated heterocycles. The van der Waals surface area contributed by atoms with Crippen LogP contribution in [0.15, 0.2) is 48.8 Å². The van der Waals surface area contributed by atoms with E-state index in [1.165, 1.54) is 6.07 Å². The summed E-state index contributed by atoms with van der Waals surface area (Å²) in [5, 5.41) is 12.3. The SMILES string of the molecule is O=C(NC(CO)c1cccnc1)C1CC(COc2ccccc2F)NN1. The molecule has 1 aromatic carbocycles. The fourth-order valence-electron chi connectivity index (χ4n) is 2.74. The molecule has 1 amide bonds. The monoisotopic (exact) mass is 360 g/mol. The third kappa shape index (κ3) is 4.54. The van der Waals surface area contributed by atoms with E-state index in [0.717, 1.165) is 5.56 Å². The van der Waals surface area contributed by atoms with Gasteiger partial charge in [-0.05, 0) is 30.2 Å². The van der Waals surface area contributed by atoms with Crippen LogP contribution in [0.25, 0.3) is 0 Å². The van der Waals surface area contributed by atoms with E-state index in [9.17, 15) is 14.3 Å². The molecule has 0 spiro atoms. The number of ether oxygens (including phenoxy) is 1. The highest BCUT2D eigenvalue weighted by molar-refractivity contribution is 5.82. The molecule has 0 aliphatic carbocycles. The lowest BCUT2D eigenvalue weighted by atomic mass is 10.1. The summed E-state index contributed by atoms with van der Waals surface area (Å²) in [4.78, 5) is 16.4. The van der Waals surface area contributed by atoms with Crippen LogP contribution >= 0.6 is 0 Å². The van der Waals surface area contributed by atoms with Crippen LogP contribution in [-0.2, 0) is 4.79 Å². The second-order valence-corrected chi connectivity index (χ2v) is 6.05. The number of benzene rings is 1. The first kappa shape index (κ1) is 18.2. The predicted molar refractivity (Wildman–Crippen MR) is 92.6 cm³/mol. The van der Waals surface area contributed by atoms with Crippen molar-refractivity contribution in [1.82, 2.24) is 21.2 Å². The van der Waals surface area contributed by atoms with Gasteiger partial charge in [-0.3, -0.25) is 15.2 Å². The van der Waals surface area contributed by atoms with Gasteiger partial charge >= 0.3 is 0 Å². The van der Waals surface area contributed by atoms with Crippen LogP contribution < -0.4 is 20.9 Å². The summed E-state index contributed by atoms with van der Waals surface area (Å²) in [6.45, 7) is 0.00114. The molecule has 7 nitrogen and oxygen atoms in total. The fourth-order valence-corrected chi connectivity index (χ4v) is 2.74. The van der Waals surface area contributed by atoms with Gasteiger partial charge in [0, 0.05) is 12.4 Å². The number of carbonyl (C=O) groups excluding carboxylic acids is 1. The zero-order valence-electron chi connectivity index (χ0n) is 14.1. The lowest BCUT2D eigenvalue weighted by Crippen LogP contribution is -2.45. The molecule has 3 atom stereocenters. The topological polar surface area (TPSA) is 95.5 Å². The van der Waals surface area contributed by atoms with E-state index in [4.69, 9.17) is 4.74 Å². The number of aliphatic hydroxyl groups is 1. The zero-order chi connectivity index (χ0) is 18.4. The Labute approximate surface area is 150 Å². The number of amides is 1. The Hall–Kier alpha value is -2.55. The van der Waals surface area contributed by atoms with Crippen LogP contribution in [0.3, 0.4) is 0 Å². The number of pyridine rings is 1. The number of hydrogen-bond donors (Lipinski definition) is 4. The number of halogens is 1. The van der Waals surface area contributed by atoms with Gasteiger partial charge in [-0.2, -0.15) is 0 Å². The molecule has 1 aromatic heterocycles. The average molecular weight is 360 g/mol. The van der Waals surface area contributed by atoms with Crippen molar-refractivity contribution in [2.24, 2.45) is 0 Å². The summed E-state index contributed by atoms with van der Waals surface area (Å²) in [5.41, 5.74) is 6.61. The number of hydrazine groups is 1. The maximum absolute atomic E-state index is 13.6. The Balaban J connectivity index is 1.50. The number of nitrogens with one attached hydrogen (secondary N) is 3. The third-order valence-electron chi connectivity index (χ3n) is 4.16. The second-order valence-electron chi connectivity index (χ2n) is 6.05. The summed E-state index contributed by atoms with van der Waals surface area (Å²) in [6, 6.07) is 8.58. The van der Waals surface area contributed by atoms with E-state index in [1.54, 1.807) is 42.7 Å². The van der Waals surface area contributed by atoms with Gasteiger partial charge in [0.2, 0.25) is 5.91 Å². The molecular formula is C18H21FN4O3. The number of carbonyl (C=O) groups is 1. The summed E-state index contributed by atoms with van der Waals surface area (Å²) in [5.74, 6) is -0.483. The molecule has 3 rings (SSSR count). The summed E-state index contributed by atoms with van der Waals surface area (Å²) < 4.78 is 19.0. The molecule has 4 N–H and O–H groups in total. The molecule has 8 heteroatoms. The lowest BCUT2D eigenvalue weighted by molar-refractivity contribution is -0.124. The Kier molecular flexibility index (Phi) is 6.11. The van der Waals surface area contributed by atoms with E-state index in [1.807, 2.05) is 0 Å². The third-order valence-corrected chi connectivity index (χ3v) is 4.16. The largest absolute Gasteiger partial charge is 0.489 e. The van der Waals surface area contributed by atoms with Crippen molar-refractivity contribution in [2.45, 2.75) is 24.5 Å². The van der Waals surface area contributed by atoms with Crippen molar-refractivity contribution >= 4 is 5.91 Å². The minimum absolute atomic E-state index is 0.142. The van der Waals surface area contributed by atoms with E-state index in [2.05, 4.69) is 21.2 Å². The number of rotatable bonds is 7. The first-order valence-electron chi connectivity index (χ1n) is 8.37. The van der Waals surface area contributed by atoms with E-state index >= 15 is 0 Å². The molecule has 3 unspecified atom stereocenters. The number of aromatic nitrogens is 1. The molecule has 1 fully saturated rings. The molecular weight excluding hydrogens is 339 g/mol. The van der Waals surface area contributed by atoms with Crippen LogP contribution in [0.2, 0.25) is 0 Å². The Morgan fingerprint density at radius 2 is 2.19 bits per heavy atom. The molecule has 1 aliphatic heterocycles. The first-order valence-corrected chi connectivity index (χ1v) is 8.37. The summed E-state index contributed by atoms with van der Waals surface area (Å²) in [7, 11) is 0. The standard InChI is InChI=1S/C18H21FN4O3/c19-14-5-1-2-6-17(14)26-11-13-8-15(23-22-13)18(25)21-16(10-24)12-4-3-7-20-9-12/h1-7,9,13,15-16,22-24H,8,10-11H2,(H,21,25). The normalized spacial score (nSPS) is 20.5. The van der Waals surface area contributed by atoms with Gasteiger partial charge in [0.15, 0.2) is 11.6 Å². The number of para-hydroxylation sites is 1. The Morgan fingerprint density at radius 3 is 2.92 bits per heavy atom. The minimum Gasteiger partial charge on any atom is -0.489 e. The fraction of sp³-hybridized carbons (Fsp3) is 0.333. The van der Waals surface area contributed by atoms with Crippen LogP contribution in [0.5, 0.6) is 5.75 Å². The molecule has 138 valence electrons. The van der Waals surface area contributed by atoms with Crippen LogP contribution in [0.4, 0.5) is 4.39 Å². The van der Waals surface area contributed by atoms with Gasteiger partial charge in [0.1, 0.15) is 12.6 Å². The maximum atomic E-state index is 13.6. The van der Waals surface area contributed by atoms with Crippen LogP contribution in [0, 0.1) is 5.82 Å². The Morgan fingerprint density at radius 1 is 1.35 bits per heavy atom. The van der Waals surface area contributed by atoms with E-state index in [0.29, 0.717) is 6.42 Å². The van der Waals surface area contributed by atoms with Crippen molar-refractivity contribution in [3.8, 4) is 5.75 Å². The Bertz CT molecular complexity index is 731. The van der Waals surface area contributed by atoms with E-state index in [-0.39, 0.29) is 30.9 Å². The minimum atomic E-state index is -0.522. The molecule has 26 heavy (non-hydrogen) atoms. The van der Waals surface area contributed by atoms with Crippen molar-refractivity contribution < 1.29 is 19.0 Å². The lowest BCUT2D eigenvalue weighted by Gasteiger charge is -2.18. The average Bonchev–Trinajstić information content (AvgIpc) is 3.15. The van der Waals surface area contributed by atoms with Crippen molar-refractivity contribution in [3.05, 3.63) is 60.2 Å². The summed E-state index contributed by atoms with van der Waals surface area (Å²) in [6.07, 6.45) is 3.71. The molecule has 0 radical (unpaired) electrons. The summed E-state index contributed by atoms with van der Waals surface area (Å²) >= 11 is 0. The van der Waals surface area contributed by atoms with Crippen molar-refractivity contribution in [2.75, 3.05) is 13.2 Å². The van der Waals surface area contributed by atoms with Gasteiger partial charge in [-0.1, -0.05) is 18.2 Å². The maximum Gasteiger partial charge on any atom is 0.239 e. The van der Waals surface area contributed by atoms with Crippen molar-refractivity contribution in [3.63, 3.8) is 0 Å². The predicted octanol–water partition coefficient (Wildman–Crippen LogP) is 0.684. The van der Waals surface area contributed by atoms with Crippen LogP contribution in [-0.4, -0.2) is 41.3 Å². The zero-order valence-corrected chi connectivity index (χ0v) is 14.1. The van der Waals surface area contributed by atoms with Gasteiger partial charge < -0.3 is 15.2 Å². The quantitative estimate of drug-likeness (QED) is 0.580. The number of aliphatic hydroxyl groups excluding tert-OH is 1. The van der Waals surface area contributed by atoms with Crippen LogP contribution in [0.1, 0.15) is 18.0 Å². The second kappa shape index (κ2) is 8.70. The smallest absolute Gasteiger partial charge is 0.239 e. The number of hydrogen-bond acceptors (Lipinski definition) is 6. The molecule has 1 aliphatic rings. The van der Waals surface area contributed by atoms with Gasteiger partial charge in [0.25, 0.3) is 0 Å². The van der Waals surface area contributed by atoms with Gasteiger partial charge in [-0.15, -0.1) is 0 Å². The highest BCUT2D eigenvalue weighted by Gasteiger charge is 2.31. The molecule has 2 heterocycles. The molecule has 0 bridgehead atoms. The molecule has 0 saturated carbocycles. The highest BCUT2D eigenvalue weighted by atomic mass is 19.1. The van der Waals surface area contributed by atoms with Gasteiger partial charge in [0.05, 0.1) is 18.7 Å². The number of nitrogens with zero attached hydrogens (tertiary/aromatic N) is 1. The highest BCUT2D eigenvalue weighted by Crippen LogP contribution is 2.17.